The summed E-state index contributed by atoms with van der Waals surface area (Å²) in [4.78, 5) is 6.96. The Hall–Kier alpha value is -0.910. The van der Waals surface area contributed by atoms with E-state index >= 15 is 0 Å². The van der Waals surface area contributed by atoms with Gasteiger partial charge in [-0.2, -0.15) is 0 Å². The van der Waals surface area contributed by atoms with Gasteiger partial charge in [0.05, 0.1) is 24.2 Å². The first kappa shape index (κ1) is 6.78. The van der Waals surface area contributed by atoms with E-state index in [0.29, 0.717) is 0 Å². The van der Waals surface area contributed by atoms with Gasteiger partial charge in [0, 0.05) is 6.20 Å². The molecule has 5 N–H and O–H groups in total. The molecule has 0 radical (unpaired) electrons. The van der Waals surface area contributed by atoms with Crippen molar-refractivity contribution in [3.8, 4) is 0 Å². The molecular weight excluding hydrogens is 142 g/mol. The van der Waals surface area contributed by atoms with Crippen LogP contribution in [0.3, 0.4) is 0 Å². The van der Waals surface area contributed by atoms with Crippen LogP contribution in [-0.2, 0) is 0 Å². The lowest BCUT2D eigenvalue weighted by Crippen LogP contribution is -2.36. The van der Waals surface area contributed by atoms with E-state index in [2.05, 4.69) is 20.8 Å². The fourth-order valence-electron chi connectivity index (χ4n) is 1.24. The Balaban J connectivity index is 2.08. The fraction of sp³-hybridized carbons (Fsp3) is 0.500. The van der Waals surface area contributed by atoms with Crippen LogP contribution in [0.15, 0.2) is 12.5 Å². The molecule has 1 aromatic rings. The second kappa shape index (κ2) is 2.61. The van der Waals surface area contributed by atoms with Gasteiger partial charge >= 0.3 is 0 Å². The van der Waals surface area contributed by atoms with Gasteiger partial charge in [-0.3, -0.25) is 0 Å². The van der Waals surface area contributed by atoms with Crippen molar-refractivity contribution in [1.29, 1.82) is 0 Å². The zero-order valence-corrected chi connectivity index (χ0v) is 6.04. The van der Waals surface area contributed by atoms with Crippen LogP contribution in [0, 0.1) is 0 Å². The predicted octanol–water partition coefficient (Wildman–Crippen LogP) is -0.766. The molecule has 2 unspecified atom stereocenters. The molecule has 2 heterocycles. The minimum absolute atomic E-state index is 0.0447. The predicted molar refractivity (Wildman–Crippen MR) is 40.2 cm³/mol. The molecular formula is C6H11N5. The minimum atomic E-state index is 0.0447. The lowest BCUT2D eigenvalue weighted by atomic mass is 10.1. The van der Waals surface area contributed by atoms with Gasteiger partial charge in [-0.15, -0.1) is 0 Å². The first-order chi connectivity index (χ1) is 5.36. The average molecular weight is 153 g/mol. The molecule has 0 aromatic carbocycles. The number of hydrogen-bond acceptors (Lipinski definition) is 4. The smallest absolute Gasteiger partial charge is 0.0922 e. The van der Waals surface area contributed by atoms with Crippen molar-refractivity contribution in [3.05, 3.63) is 18.2 Å². The van der Waals surface area contributed by atoms with Crippen LogP contribution in [0.25, 0.3) is 0 Å². The highest BCUT2D eigenvalue weighted by molar-refractivity contribution is 5.04. The SMILES string of the molecule is NC1CC(c2cnc[nH]2)NN1. The molecule has 0 bridgehead atoms. The summed E-state index contributed by atoms with van der Waals surface area (Å²) in [5.41, 5.74) is 12.7. The fourth-order valence-corrected chi connectivity index (χ4v) is 1.24. The third-order valence-electron chi connectivity index (χ3n) is 1.83. The van der Waals surface area contributed by atoms with Gasteiger partial charge in [0.15, 0.2) is 0 Å². The molecule has 2 atom stereocenters. The van der Waals surface area contributed by atoms with Gasteiger partial charge in [0.2, 0.25) is 0 Å². The van der Waals surface area contributed by atoms with Gasteiger partial charge in [-0.05, 0) is 6.42 Å². The van der Waals surface area contributed by atoms with Crippen LogP contribution in [-0.4, -0.2) is 16.1 Å². The van der Waals surface area contributed by atoms with Crippen molar-refractivity contribution < 1.29 is 0 Å². The third kappa shape index (κ3) is 1.25. The standard InChI is InChI=1S/C6H11N5/c7-6-1-4(10-11-6)5-2-8-3-9-5/h2-4,6,10-11H,1,7H2,(H,8,9). The molecule has 5 heteroatoms. The van der Waals surface area contributed by atoms with E-state index in [9.17, 15) is 0 Å². The van der Waals surface area contributed by atoms with E-state index in [0.717, 1.165) is 12.1 Å². The number of hydrazine groups is 1. The molecule has 0 spiro atoms. The highest BCUT2D eigenvalue weighted by atomic mass is 15.4. The van der Waals surface area contributed by atoms with Gasteiger partial charge in [0.1, 0.15) is 0 Å². The maximum Gasteiger partial charge on any atom is 0.0922 e. The summed E-state index contributed by atoms with van der Waals surface area (Å²) >= 11 is 0. The van der Waals surface area contributed by atoms with Crippen LogP contribution in [0.4, 0.5) is 0 Å². The van der Waals surface area contributed by atoms with Crippen LogP contribution in [0.5, 0.6) is 0 Å². The van der Waals surface area contributed by atoms with E-state index < -0.39 is 0 Å². The number of H-pyrrole nitrogens is 1. The second-order valence-corrected chi connectivity index (χ2v) is 2.69. The second-order valence-electron chi connectivity index (χ2n) is 2.69. The number of imidazole rings is 1. The van der Waals surface area contributed by atoms with Gasteiger partial charge in [-0.25, -0.2) is 15.8 Å². The molecule has 0 saturated carbocycles. The zero-order chi connectivity index (χ0) is 7.68. The van der Waals surface area contributed by atoms with E-state index in [4.69, 9.17) is 5.73 Å². The van der Waals surface area contributed by atoms with E-state index in [1.807, 2.05) is 0 Å². The Kier molecular flexibility index (Phi) is 1.61. The van der Waals surface area contributed by atoms with Gasteiger partial charge in [0.25, 0.3) is 0 Å². The van der Waals surface area contributed by atoms with Crippen molar-refractivity contribution in [1.82, 2.24) is 20.8 Å². The van der Waals surface area contributed by atoms with Crippen molar-refractivity contribution in [2.75, 3.05) is 0 Å². The van der Waals surface area contributed by atoms with E-state index in [1.165, 1.54) is 0 Å². The molecule has 5 nitrogen and oxygen atoms in total. The largest absolute Gasteiger partial charge is 0.347 e. The summed E-state index contributed by atoms with van der Waals surface area (Å²) < 4.78 is 0. The Morgan fingerprint density at radius 3 is 3.00 bits per heavy atom. The summed E-state index contributed by atoms with van der Waals surface area (Å²) in [6.07, 6.45) is 4.41. The van der Waals surface area contributed by atoms with Crippen LogP contribution >= 0.6 is 0 Å². The first-order valence-corrected chi connectivity index (χ1v) is 3.61. The van der Waals surface area contributed by atoms with Crippen molar-refractivity contribution in [2.45, 2.75) is 18.6 Å². The molecule has 2 rings (SSSR count). The normalized spacial score (nSPS) is 31.0. The molecule has 1 aromatic heterocycles. The monoisotopic (exact) mass is 153 g/mol. The third-order valence-corrected chi connectivity index (χ3v) is 1.83. The Labute approximate surface area is 64.4 Å². The number of nitrogens with one attached hydrogen (secondary N) is 3. The molecule has 60 valence electrons. The maximum absolute atomic E-state index is 5.62. The lowest BCUT2D eigenvalue weighted by molar-refractivity contribution is 0.547. The quantitative estimate of drug-likeness (QED) is 0.427. The Bertz CT molecular complexity index is 219. The number of aromatic nitrogens is 2. The summed E-state index contributed by atoms with van der Waals surface area (Å²) in [6, 6.07) is 0.271. The summed E-state index contributed by atoms with van der Waals surface area (Å²) in [7, 11) is 0. The molecule has 1 aliphatic rings. The van der Waals surface area contributed by atoms with Crippen molar-refractivity contribution >= 4 is 0 Å². The molecule has 1 fully saturated rings. The number of rotatable bonds is 1. The molecule has 11 heavy (non-hydrogen) atoms. The topological polar surface area (TPSA) is 78.8 Å². The highest BCUT2D eigenvalue weighted by Crippen LogP contribution is 2.16. The average Bonchev–Trinajstić information content (AvgIpc) is 2.55. The summed E-state index contributed by atoms with van der Waals surface area (Å²) in [6.45, 7) is 0. The number of aromatic amines is 1. The first-order valence-electron chi connectivity index (χ1n) is 3.61. The number of nitrogens with two attached hydrogens (primary N) is 1. The van der Waals surface area contributed by atoms with Crippen LogP contribution < -0.4 is 16.6 Å². The van der Waals surface area contributed by atoms with Crippen LogP contribution in [0.2, 0.25) is 0 Å². The van der Waals surface area contributed by atoms with Crippen LogP contribution in [0.1, 0.15) is 18.2 Å². The van der Waals surface area contributed by atoms with E-state index in [-0.39, 0.29) is 12.2 Å². The van der Waals surface area contributed by atoms with Crippen molar-refractivity contribution in [3.63, 3.8) is 0 Å². The molecule has 0 amide bonds. The summed E-state index contributed by atoms with van der Waals surface area (Å²) in [5, 5.41) is 0. The van der Waals surface area contributed by atoms with Gasteiger partial charge < -0.3 is 10.7 Å². The zero-order valence-electron chi connectivity index (χ0n) is 6.04. The molecule has 0 aliphatic carbocycles. The molecule has 1 saturated heterocycles. The number of nitrogens with zero attached hydrogens (tertiary/aromatic N) is 1. The summed E-state index contributed by atoms with van der Waals surface area (Å²) in [5.74, 6) is 0. The maximum atomic E-state index is 5.62. The Morgan fingerprint density at radius 1 is 1.55 bits per heavy atom. The lowest BCUT2D eigenvalue weighted by Gasteiger charge is -2.03. The minimum Gasteiger partial charge on any atom is -0.347 e. The highest BCUT2D eigenvalue weighted by Gasteiger charge is 2.22. The van der Waals surface area contributed by atoms with E-state index in [1.54, 1.807) is 12.5 Å². The molecule has 1 aliphatic heterocycles. The van der Waals surface area contributed by atoms with Crippen molar-refractivity contribution in [2.24, 2.45) is 5.73 Å². The van der Waals surface area contributed by atoms with Gasteiger partial charge in [-0.1, -0.05) is 0 Å². The number of hydrogen-bond donors (Lipinski definition) is 4. The Morgan fingerprint density at radius 2 is 2.45 bits per heavy atom.